The number of hydrogen-bond acceptors (Lipinski definition) is 3. The molecule has 0 spiro atoms. The lowest BCUT2D eigenvalue weighted by atomic mass is 9.88. The lowest BCUT2D eigenvalue weighted by Gasteiger charge is -2.19. The number of hydrogen-bond donors (Lipinski definition) is 3. The Morgan fingerprint density at radius 3 is 2.35 bits per heavy atom. The zero-order valence-corrected chi connectivity index (χ0v) is 16.8. The van der Waals surface area contributed by atoms with Crippen molar-refractivity contribution in [1.29, 1.82) is 0 Å². The standard InChI is InChI=1S/C25H22FN3O2/c26-23-9-5-4-8-20(23)25-22(15-28-29-25)21(14-27-16-24(30)31)19-12-10-18(11-13-19)17-6-2-1-3-7-17/h1-13,15,21,27H,14,16H2,(H,28,29)(H,30,31). The van der Waals surface area contributed by atoms with Crippen LogP contribution in [0.1, 0.15) is 17.0 Å². The van der Waals surface area contributed by atoms with Gasteiger partial charge in [-0.25, -0.2) is 4.39 Å². The Morgan fingerprint density at radius 1 is 0.968 bits per heavy atom. The van der Waals surface area contributed by atoms with Gasteiger partial charge in [-0.15, -0.1) is 0 Å². The molecule has 3 aromatic carbocycles. The van der Waals surface area contributed by atoms with Crippen LogP contribution in [0.15, 0.2) is 85.1 Å². The molecule has 5 nitrogen and oxygen atoms in total. The van der Waals surface area contributed by atoms with Gasteiger partial charge in [0.25, 0.3) is 0 Å². The van der Waals surface area contributed by atoms with E-state index < -0.39 is 5.97 Å². The second-order valence-corrected chi connectivity index (χ2v) is 7.25. The first-order valence-corrected chi connectivity index (χ1v) is 9.99. The zero-order valence-electron chi connectivity index (χ0n) is 16.8. The fraction of sp³-hybridized carbons (Fsp3) is 0.120. The van der Waals surface area contributed by atoms with E-state index in [0.29, 0.717) is 17.8 Å². The van der Waals surface area contributed by atoms with E-state index in [2.05, 4.69) is 15.5 Å². The minimum Gasteiger partial charge on any atom is -0.480 e. The number of benzene rings is 3. The maximum atomic E-state index is 14.5. The van der Waals surface area contributed by atoms with Crippen LogP contribution in [0.3, 0.4) is 0 Å². The van der Waals surface area contributed by atoms with Gasteiger partial charge < -0.3 is 10.4 Å². The molecular formula is C25H22FN3O2. The molecule has 4 rings (SSSR count). The second-order valence-electron chi connectivity index (χ2n) is 7.25. The van der Waals surface area contributed by atoms with Crippen LogP contribution in [0.25, 0.3) is 22.4 Å². The smallest absolute Gasteiger partial charge is 0.317 e. The molecule has 3 N–H and O–H groups in total. The number of carboxylic acids is 1. The van der Waals surface area contributed by atoms with E-state index in [0.717, 1.165) is 22.3 Å². The van der Waals surface area contributed by atoms with Crippen molar-refractivity contribution in [2.75, 3.05) is 13.1 Å². The molecule has 0 saturated carbocycles. The summed E-state index contributed by atoms with van der Waals surface area (Å²) in [6.45, 7) is 0.212. The summed E-state index contributed by atoms with van der Waals surface area (Å²) >= 11 is 0. The van der Waals surface area contributed by atoms with Gasteiger partial charge in [0, 0.05) is 23.6 Å². The summed E-state index contributed by atoms with van der Waals surface area (Å²) in [5.74, 6) is -1.48. The third-order valence-electron chi connectivity index (χ3n) is 5.23. The molecule has 0 aliphatic carbocycles. The Labute approximate surface area is 179 Å². The fourth-order valence-corrected chi connectivity index (χ4v) is 3.71. The van der Waals surface area contributed by atoms with E-state index >= 15 is 0 Å². The predicted octanol–water partition coefficient (Wildman–Crippen LogP) is 4.69. The third kappa shape index (κ3) is 4.70. The molecule has 31 heavy (non-hydrogen) atoms. The van der Waals surface area contributed by atoms with Gasteiger partial charge in [-0.3, -0.25) is 9.89 Å². The summed E-state index contributed by atoms with van der Waals surface area (Å²) in [6.07, 6.45) is 1.68. The van der Waals surface area contributed by atoms with Crippen molar-refractivity contribution >= 4 is 5.97 Å². The van der Waals surface area contributed by atoms with E-state index in [1.54, 1.807) is 24.4 Å². The highest BCUT2D eigenvalue weighted by atomic mass is 19.1. The molecule has 1 aromatic heterocycles. The topological polar surface area (TPSA) is 78.0 Å². The number of aromatic nitrogens is 2. The van der Waals surface area contributed by atoms with Gasteiger partial charge >= 0.3 is 5.97 Å². The molecule has 1 heterocycles. The summed E-state index contributed by atoms with van der Waals surface area (Å²) in [4.78, 5) is 11.0. The molecule has 6 heteroatoms. The minimum absolute atomic E-state index is 0.161. The summed E-state index contributed by atoms with van der Waals surface area (Å²) in [5.41, 5.74) is 5.01. The lowest BCUT2D eigenvalue weighted by Crippen LogP contribution is -2.28. The highest BCUT2D eigenvalue weighted by Gasteiger charge is 2.22. The van der Waals surface area contributed by atoms with Crippen molar-refractivity contribution in [1.82, 2.24) is 15.5 Å². The number of rotatable bonds is 8. The molecule has 0 fully saturated rings. The number of aromatic amines is 1. The number of carbonyl (C=O) groups is 1. The number of nitrogens with zero attached hydrogens (tertiary/aromatic N) is 1. The zero-order chi connectivity index (χ0) is 21.6. The number of aliphatic carboxylic acids is 1. The molecule has 0 aliphatic rings. The first-order chi connectivity index (χ1) is 15.1. The number of nitrogens with one attached hydrogen (secondary N) is 2. The van der Waals surface area contributed by atoms with Gasteiger partial charge in [-0.2, -0.15) is 5.10 Å². The second kappa shape index (κ2) is 9.36. The molecule has 0 bridgehead atoms. The van der Waals surface area contributed by atoms with Crippen LogP contribution >= 0.6 is 0 Å². The molecule has 4 aromatic rings. The van der Waals surface area contributed by atoms with Gasteiger partial charge in [-0.1, -0.05) is 66.7 Å². The van der Waals surface area contributed by atoms with Crippen molar-refractivity contribution in [3.63, 3.8) is 0 Å². The molecule has 0 aliphatic heterocycles. The Bertz CT molecular complexity index is 1160. The van der Waals surface area contributed by atoms with Crippen molar-refractivity contribution < 1.29 is 14.3 Å². The van der Waals surface area contributed by atoms with E-state index in [4.69, 9.17) is 5.11 Å². The number of carboxylic acid groups (broad SMARTS) is 1. The van der Waals surface area contributed by atoms with Gasteiger partial charge in [0.05, 0.1) is 18.4 Å². The quantitative estimate of drug-likeness (QED) is 0.390. The Balaban J connectivity index is 1.70. The largest absolute Gasteiger partial charge is 0.480 e. The molecule has 1 unspecified atom stereocenters. The normalized spacial score (nSPS) is 11.9. The van der Waals surface area contributed by atoms with Crippen LogP contribution in [0, 0.1) is 5.82 Å². The SMILES string of the molecule is O=C(O)CNCC(c1ccc(-c2ccccc2)cc1)c1cn[nH]c1-c1ccccc1F. The summed E-state index contributed by atoms with van der Waals surface area (Å²) < 4.78 is 14.5. The maximum Gasteiger partial charge on any atom is 0.317 e. The average Bonchev–Trinajstić information content (AvgIpc) is 3.27. The van der Waals surface area contributed by atoms with Crippen molar-refractivity contribution in [3.05, 3.63) is 102 Å². The number of halogens is 1. The first kappa shape index (κ1) is 20.5. The third-order valence-corrected chi connectivity index (χ3v) is 5.23. The molecule has 0 radical (unpaired) electrons. The first-order valence-electron chi connectivity index (χ1n) is 9.99. The van der Waals surface area contributed by atoms with Crippen LogP contribution in [0.5, 0.6) is 0 Å². The van der Waals surface area contributed by atoms with Crippen molar-refractivity contribution in [2.24, 2.45) is 0 Å². The van der Waals surface area contributed by atoms with Crippen LogP contribution in [0.4, 0.5) is 4.39 Å². The number of H-pyrrole nitrogens is 1. The summed E-state index contributed by atoms with van der Waals surface area (Å²) in [5, 5.41) is 19.1. The molecular weight excluding hydrogens is 393 g/mol. The van der Waals surface area contributed by atoms with E-state index in [1.807, 2.05) is 54.6 Å². The Morgan fingerprint density at radius 2 is 1.65 bits per heavy atom. The van der Waals surface area contributed by atoms with Gasteiger partial charge in [0.1, 0.15) is 5.82 Å². The Hall–Kier alpha value is -3.77. The van der Waals surface area contributed by atoms with Gasteiger partial charge in [0.2, 0.25) is 0 Å². The minimum atomic E-state index is -0.931. The van der Waals surface area contributed by atoms with Crippen molar-refractivity contribution in [2.45, 2.75) is 5.92 Å². The van der Waals surface area contributed by atoms with Crippen LogP contribution in [0.2, 0.25) is 0 Å². The van der Waals surface area contributed by atoms with Gasteiger partial charge in [0.15, 0.2) is 0 Å². The Kier molecular flexibility index (Phi) is 6.19. The monoisotopic (exact) mass is 415 g/mol. The summed E-state index contributed by atoms with van der Waals surface area (Å²) in [6, 6.07) is 24.7. The molecule has 0 amide bonds. The predicted molar refractivity (Wildman–Crippen MR) is 118 cm³/mol. The lowest BCUT2D eigenvalue weighted by molar-refractivity contribution is -0.135. The van der Waals surface area contributed by atoms with Crippen molar-refractivity contribution in [3.8, 4) is 22.4 Å². The molecule has 156 valence electrons. The average molecular weight is 415 g/mol. The van der Waals surface area contributed by atoms with E-state index in [1.165, 1.54) is 6.07 Å². The maximum absolute atomic E-state index is 14.5. The van der Waals surface area contributed by atoms with Crippen LogP contribution in [-0.2, 0) is 4.79 Å². The van der Waals surface area contributed by atoms with Gasteiger partial charge in [-0.05, 0) is 28.8 Å². The van der Waals surface area contributed by atoms with Crippen LogP contribution < -0.4 is 5.32 Å². The fourth-order valence-electron chi connectivity index (χ4n) is 3.71. The highest BCUT2D eigenvalue weighted by molar-refractivity contribution is 5.69. The molecule has 1 atom stereocenters. The van der Waals surface area contributed by atoms with E-state index in [9.17, 15) is 9.18 Å². The van der Waals surface area contributed by atoms with E-state index in [-0.39, 0.29) is 18.3 Å². The molecule has 0 saturated heterocycles. The highest BCUT2D eigenvalue weighted by Crippen LogP contribution is 2.33. The summed E-state index contributed by atoms with van der Waals surface area (Å²) in [7, 11) is 0. The van der Waals surface area contributed by atoms with Crippen LogP contribution in [-0.4, -0.2) is 34.4 Å².